The topological polar surface area (TPSA) is 63.2 Å². The number of carbonyl (C=O) groups excluding carboxylic acids is 1. The van der Waals surface area contributed by atoms with E-state index in [-0.39, 0.29) is 11.6 Å². The molecule has 0 saturated heterocycles. The summed E-state index contributed by atoms with van der Waals surface area (Å²) in [5.41, 5.74) is 2.68. The Morgan fingerprint density at radius 1 is 1.07 bits per heavy atom. The quantitative estimate of drug-likeness (QED) is 0.661. The van der Waals surface area contributed by atoms with Crippen LogP contribution in [0.2, 0.25) is 0 Å². The molecule has 0 aliphatic carbocycles. The van der Waals surface area contributed by atoms with E-state index in [9.17, 15) is 9.18 Å². The molecule has 3 rings (SSSR count). The highest BCUT2D eigenvalue weighted by molar-refractivity contribution is 6.02. The zero-order valence-corrected chi connectivity index (χ0v) is 14.9. The van der Waals surface area contributed by atoms with Crippen molar-refractivity contribution in [1.82, 2.24) is 4.98 Å². The first-order chi connectivity index (χ1) is 13.1. The molecular formula is C21H20FN3O2. The molecule has 138 valence electrons. The fourth-order valence-corrected chi connectivity index (χ4v) is 2.54. The Hall–Kier alpha value is -3.41. The Balaban J connectivity index is 1.51. The molecule has 0 unspecified atom stereocenters. The van der Waals surface area contributed by atoms with Gasteiger partial charge in [0.25, 0.3) is 5.91 Å². The van der Waals surface area contributed by atoms with Crippen LogP contribution >= 0.6 is 0 Å². The van der Waals surface area contributed by atoms with E-state index in [0.29, 0.717) is 5.69 Å². The number of benzene rings is 2. The fraction of sp³-hybridized carbons (Fsp3) is 0.143. The zero-order chi connectivity index (χ0) is 19.1. The molecule has 6 heteroatoms. The second-order valence-corrected chi connectivity index (χ2v) is 5.92. The van der Waals surface area contributed by atoms with Gasteiger partial charge in [0, 0.05) is 12.2 Å². The number of nitrogens with one attached hydrogen (secondary N) is 2. The van der Waals surface area contributed by atoms with Gasteiger partial charge in [-0.25, -0.2) is 9.37 Å². The summed E-state index contributed by atoms with van der Waals surface area (Å²) in [6, 6.07) is 17.1. The lowest BCUT2D eigenvalue weighted by atomic mass is 10.1. The summed E-state index contributed by atoms with van der Waals surface area (Å²) in [5, 5.41) is 5.89. The van der Waals surface area contributed by atoms with E-state index in [1.165, 1.54) is 23.8 Å². The van der Waals surface area contributed by atoms with Gasteiger partial charge in [-0.2, -0.15) is 0 Å². The van der Waals surface area contributed by atoms with Gasteiger partial charge >= 0.3 is 0 Å². The maximum Gasteiger partial charge on any atom is 0.274 e. The molecule has 0 atom stereocenters. The highest BCUT2D eigenvalue weighted by Gasteiger charge is 2.08. The van der Waals surface area contributed by atoms with Crippen LogP contribution in [-0.4, -0.2) is 24.5 Å². The van der Waals surface area contributed by atoms with Gasteiger partial charge in [0.2, 0.25) is 0 Å². The number of halogens is 1. The number of aromatic nitrogens is 1. The number of amides is 1. The second kappa shape index (κ2) is 8.80. The molecule has 0 spiro atoms. The lowest BCUT2D eigenvalue weighted by molar-refractivity contribution is 0.102. The van der Waals surface area contributed by atoms with E-state index in [2.05, 4.69) is 15.6 Å². The molecule has 1 heterocycles. The number of nitrogens with zero attached hydrogens (tertiary/aromatic N) is 1. The summed E-state index contributed by atoms with van der Waals surface area (Å²) >= 11 is 0. The first kappa shape index (κ1) is 18.4. The van der Waals surface area contributed by atoms with E-state index in [4.69, 9.17) is 4.74 Å². The predicted molar refractivity (Wildman–Crippen MR) is 104 cm³/mol. The Labute approximate surface area is 157 Å². The average Bonchev–Trinajstić information content (AvgIpc) is 2.69. The summed E-state index contributed by atoms with van der Waals surface area (Å²) in [6.45, 7) is 0.739. The summed E-state index contributed by atoms with van der Waals surface area (Å²) in [7, 11) is 1.64. The van der Waals surface area contributed by atoms with Crippen molar-refractivity contribution >= 4 is 17.3 Å². The summed E-state index contributed by atoms with van der Waals surface area (Å²) in [4.78, 5) is 16.3. The van der Waals surface area contributed by atoms with Crippen molar-refractivity contribution in [3.63, 3.8) is 0 Å². The first-order valence-electron chi connectivity index (χ1n) is 8.54. The largest absolute Gasteiger partial charge is 0.497 e. The SMILES string of the molecule is COc1ccc(CCNc2ccc(C(=O)Nc3cccc(F)c3)nc2)cc1. The molecule has 0 radical (unpaired) electrons. The van der Waals surface area contributed by atoms with E-state index < -0.39 is 5.82 Å². The van der Waals surface area contributed by atoms with E-state index in [1.807, 2.05) is 24.3 Å². The van der Waals surface area contributed by atoms with Gasteiger partial charge in [0.05, 0.1) is 19.0 Å². The third-order valence-corrected chi connectivity index (χ3v) is 3.98. The third kappa shape index (κ3) is 5.28. The second-order valence-electron chi connectivity index (χ2n) is 5.92. The highest BCUT2D eigenvalue weighted by Crippen LogP contribution is 2.13. The molecule has 5 nitrogen and oxygen atoms in total. The van der Waals surface area contributed by atoms with Crippen LogP contribution in [0.4, 0.5) is 15.8 Å². The van der Waals surface area contributed by atoms with Crippen molar-refractivity contribution < 1.29 is 13.9 Å². The molecule has 2 N–H and O–H groups in total. The maximum absolute atomic E-state index is 13.2. The molecular weight excluding hydrogens is 345 g/mol. The number of rotatable bonds is 7. The van der Waals surface area contributed by atoms with Crippen LogP contribution in [0, 0.1) is 5.82 Å². The molecule has 1 amide bonds. The van der Waals surface area contributed by atoms with E-state index in [1.54, 1.807) is 31.5 Å². The lowest BCUT2D eigenvalue weighted by Gasteiger charge is -2.08. The van der Waals surface area contributed by atoms with Gasteiger partial charge in [0.15, 0.2) is 0 Å². The van der Waals surface area contributed by atoms with Gasteiger partial charge in [0.1, 0.15) is 17.3 Å². The van der Waals surface area contributed by atoms with Crippen LogP contribution in [0.1, 0.15) is 16.1 Å². The molecule has 27 heavy (non-hydrogen) atoms. The Bertz CT molecular complexity index is 896. The van der Waals surface area contributed by atoms with Crippen LogP contribution in [-0.2, 0) is 6.42 Å². The molecule has 0 aliphatic rings. The summed E-state index contributed by atoms with van der Waals surface area (Å²) < 4.78 is 18.3. The first-order valence-corrected chi connectivity index (χ1v) is 8.54. The molecule has 1 aromatic heterocycles. The normalized spacial score (nSPS) is 10.3. The third-order valence-electron chi connectivity index (χ3n) is 3.98. The average molecular weight is 365 g/mol. The molecule has 0 aliphatic heterocycles. The fourth-order valence-electron chi connectivity index (χ4n) is 2.54. The molecule has 2 aromatic carbocycles. The Morgan fingerprint density at radius 3 is 2.56 bits per heavy atom. The minimum absolute atomic E-state index is 0.264. The summed E-state index contributed by atoms with van der Waals surface area (Å²) in [5.74, 6) is 0.0468. The monoisotopic (exact) mass is 365 g/mol. The minimum atomic E-state index is -0.405. The van der Waals surface area contributed by atoms with Crippen molar-refractivity contribution in [2.75, 3.05) is 24.3 Å². The number of ether oxygens (including phenoxy) is 1. The van der Waals surface area contributed by atoms with E-state index in [0.717, 1.165) is 24.4 Å². The minimum Gasteiger partial charge on any atom is -0.497 e. The number of carbonyl (C=O) groups is 1. The van der Waals surface area contributed by atoms with Gasteiger partial charge in [-0.15, -0.1) is 0 Å². The molecule has 3 aromatic rings. The number of hydrogen-bond donors (Lipinski definition) is 2. The molecule has 0 saturated carbocycles. The highest BCUT2D eigenvalue weighted by atomic mass is 19.1. The molecule has 0 fully saturated rings. The Kier molecular flexibility index (Phi) is 5.99. The van der Waals surface area contributed by atoms with Crippen LogP contribution in [0.3, 0.4) is 0 Å². The van der Waals surface area contributed by atoms with Gasteiger partial charge in [-0.1, -0.05) is 18.2 Å². The number of pyridine rings is 1. The summed E-state index contributed by atoms with van der Waals surface area (Å²) in [6.07, 6.45) is 2.46. The van der Waals surface area contributed by atoms with Gasteiger partial charge in [-0.05, 0) is 54.4 Å². The number of methoxy groups -OCH3 is 1. The van der Waals surface area contributed by atoms with Gasteiger partial charge in [-0.3, -0.25) is 4.79 Å². The number of anilines is 2. The van der Waals surface area contributed by atoms with Gasteiger partial charge < -0.3 is 15.4 Å². The van der Waals surface area contributed by atoms with Crippen LogP contribution in [0.15, 0.2) is 66.9 Å². The zero-order valence-electron chi connectivity index (χ0n) is 14.9. The van der Waals surface area contributed by atoms with Crippen molar-refractivity contribution in [2.24, 2.45) is 0 Å². The smallest absolute Gasteiger partial charge is 0.274 e. The van der Waals surface area contributed by atoms with Crippen molar-refractivity contribution in [3.05, 3.63) is 83.9 Å². The van der Waals surface area contributed by atoms with Crippen LogP contribution in [0.5, 0.6) is 5.75 Å². The molecule has 0 bridgehead atoms. The van der Waals surface area contributed by atoms with E-state index >= 15 is 0 Å². The standard InChI is InChI=1S/C21H20FN3O2/c1-27-19-8-5-15(6-9-19)11-12-23-18-7-10-20(24-14-18)21(26)25-17-4-2-3-16(22)13-17/h2-10,13-14,23H,11-12H2,1H3,(H,25,26). The number of hydrogen-bond acceptors (Lipinski definition) is 4. The van der Waals surface area contributed by atoms with Crippen molar-refractivity contribution in [1.29, 1.82) is 0 Å². The predicted octanol–water partition coefficient (Wildman–Crippen LogP) is 4.14. The lowest BCUT2D eigenvalue weighted by Crippen LogP contribution is -2.14. The Morgan fingerprint density at radius 2 is 1.89 bits per heavy atom. The maximum atomic E-state index is 13.2. The van der Waals surface area contributed by atoms with Crippen molar-refractivity contribution in [3.8, 4) is 5.75 Å². The van der Waals surface area contributed by atoms with Crippen LogP contribution < -0.4 is 15.4 Å². The van der Waals surface area contributed by atoms with Crippen LogP contribution in [0.25, 0.3) is 0 Å². The van der Waals surface area contributed by atoms with Crippen molar-refractivity contribution in [2.45, 2.75) is 6.42 Å².